The molecular weight excluding hydrogens is 290 g/mol. The third-order valence-corrected chi connectivity index (χ3v) is 5.60. The molecule has 2 aliphatic heterocycles. The summed E-state index contributed by atoms with van der Waals surface area (Å²) >= 11 is 1.89. The van der Waals surface area contributed by atoms with Crippen LogP contribution < -0.4 is 0 Å². The Kier molecular flexibility index (Phi) is 3.62. The van der Waals surface area contributed by atoms with Crippen molar-refractivity contribution in [3.05, 3.63) is 66.0 Å². The number of aromatic nitrogens is 1. The predicted octanol–water partition coefficient (Wildman–Crippen LogP) is 4.06. The molecule has 1 aromatic heterocycles. The molecule has 4 heteroatoms. The van der Waals surface area contributed by atoms with Gasteiger partial charge in [0, 0.05) is 18.0 Å². The van der Waals surface area contributed by atoms with E-state index in [9.17, 15) is 0 Å². The first kappa shape index (κ1) is 13.8. The van der Waals surface area contributed by atoms with E-state index >= 15 is 0 Å². The molecule has 3 heterocycles. The maximum atomic E-state index is 5.02. The first-order valence-corrected chi connectivity index (χ1v) is 8.82. The minimum absolute atomic E-state index is 0.0976. The van der Waals surface area contributed by atoms with Crippen molar-refractivity contribution in [2.24, 2.45) is 4.99 Å². The fourth-order valence-corrected chi connectivity index (χ4v) is 4.70. The van der Waals surface area contributed by atoms with Crippen molar-refractivity contribution in [1.29, 1.82) is 0 Å². The molecule has 4 rings (SSSR count). The lowest BCUT2D eigenvalue weighted by Crippen LogP contribution is -2.35. The van der Waals surface area contributed by atoms with E-state index in [-0.39, 0.29) is 12.1 Å². The molecule has 0 spiro atoms. The zero-order valence-electron chi connectivity index (χ0n) is 12.6. The minimum Gasteiger partial charge on any atom is -0.338 e. The smallest absolute Gasteiger partial charge is 0.160 e. The zero-order chi connectivity index (χ0) is 14.9. The highest BCUT2D eigenvalue weighted by atomic mass is 32.2. The van der Waals surface area contributed by atoms with E-state index in [1.807, 2.05) is 24.0 Å². The van der Waals surface area contributed by atoms with Crippen molar-refractivity contribution in [3.63, 3.8) is 0 Å². The summed E-state index contributed by atoms with van der Waals surface area (Å²) in [4.78, 5) is 12.1. The molecule has 0 unspecified atom stereocenters. The third-order valence-electron chi connectivity index (χ3n) is 4.47. The predicted molar refractivity (Wildman–Crippen MR) is 92.0 cm³/mol. The highest BCUT2D eigenvalue weighted by Gasteiger charge is 2.45. The maximum Gasteiger partial charge on any atom is 0.160 e. The van der Waals surface area contributed by atoms with Gasteiger partial charge in [0.05, 0.1) is 11.7 Å². The second-order valence-corrected chi connectivity index (χ2v) is 6.73. The van der Waals surface area contributed by atoms with Gasteiger partial charge in [0.1, 0.15) is 6.04 Å². The van der Waals surface area contributed by atoms with Gasteiger partial charge in [-0.3, -0.25) is 9.98 Å². The summed E-state index contributed by atoms with van der Waals surface area (Å²) in [7, 11) is 0. The fraction of sp³-hybridized carbons (Fsp3) is 0.333. The van der Waals surface area contributed by atoms with Crippen LogP contribution in [0.2, 0.25) is 0 Å². The van der Waals surface area contributed by atoms with Gasteiger partial charge in [0.15, 0.2) is 5.17 Å². The Morgan fingerprint density at radius 2 is 1.95 bits per heavy atom. The number of benzene rings is 1. The van der Waals surface area contributed by atoms with E-state index in [0.29, 0.717) is 6.04 Å². The van der Waals surface area contributed by atoms with Crippen LogP contribution in [0.3, 0.4) is 0 Å². The van der Waals surface area contributed by atoms with Crippen molar-refractivity contribution < 1.29 is 0 Å². The van der Waals surface area contributed by atoms with Crippen molar-refractivity contribution >= 4 is 16.9 Å². The molecule has 22 heavy (non-hydrogen) atoms. The van der Waals surface area contributed by atoms with E-state index in [1.165, 1.54) is 10.7 Å². The molecule has 112 valence electrons. The number of thioether (sulfide) groups is 1. The normalized spacial score (nSPS) is 26.9. The second kappa shape index (κ2) is 5.76. The molecular formula is C18H19N3S. The molecule has 0 aliphatic carbocycles. The Morgan fingerprint density at radius 3 is 2.68 bits per heavy atom. The molecule has 3 nitrogen and oxygen atoms in total. The van der Waals surface area contributed by atoms with Gasteiger partial charge in [-0.25, -0.2) is 0 Å². The standard InChI is InChI=1S/C18H19N3S/c1-2-14-12-22-18-20-16(15-10-6-7-11-19-15)17(21(14)18)13-8-4-3-5-9-13/h3-11,14,16-17H,2,12H2,1H3/t14-,16+,17+/m0/s1. The van der Waals surface area contributed by atoms with Gasteiger partial charge in [-0.2, -0.15) is 0 Å². The van der Waals surface area contributed by atoms with E-state index in [0.717, 1.165) is 17.9 Å². The largest absolute Gasteiger partial charge is 0.338 e. The van der Waals surface area contributed by atoms with Gasteiger partial charge < -0.3 is 4.90 Å². The van der Waals surface area contributed by atoms with Crippen molar-refractivity contribution in [2.45, 2.75) is 31.5 Å². The number of amidine groups is 1. The zero-order valence-corrected chi connectivity index (χ0v) is 13.4. The molecule has 1 fully saturated rings. The van der Waals surface area contributed by atoms with Crippen LogP contribution in [-0.4, -0.2) is 26.8 Å². The average Bonchev–Trinajstić information content (AvgIpc) is 3.15. The monoisotopic (exact) mass is 309 g/mol. The highest BCUT2D eigenvalue weighted by molar-refractivity contribution is 8.14. The molecule has 0 N–H and O–H groups in total. The van der Waals surface area contributed by atoms with Crippen molar-refractivity contribution in [1.82, 2.24) is 9.88 Å². The average molecular weight is 309 g/mol. The van der Waals surface area contributed by atoms with Crippen LogP contribution in [0.4, 0.5) is 0 Å². The van der Waals surface area contributed by atoms with Crippen LogP contribution in [-0.2, 0) is 0 Å². The van der Waals surface area contributed by atoms with Crippen molar-refractivity contribution in [2.75, 3.05) is 5.75 Å². The summed E-state index contributed by atoms with van der Waals surface area (Å²) in [5.74, 6) is 1.15. The van der Waals surface area contributed by atoms with Crippen LogP contribution in [0.5, 0.6) is 0 Å². The maximum absolute atomic E-state index is 5.02. The number of pyridine rings is 1. The van der Waals surface area contributed by atoms with Crippen LogP contribution in [0, 0.1) is 0 Å². The summed E-state index contributed by atoms with van der Waals surface area (Å²) < 4.78 is 0. The van der Waals surface area contributed by atoms with E-state index < -0.39 is 0 Å². The lowest BCUT2D eigenvalue weighted by molar-refractivity contribution is 0.255. The molecule has 0 bridgehead atoms. The summed E-state index contributed by atoms with van der Waals surface area (Å²) in [5, 5.41) is 1.19. The lowest BCUT2D eigenvalue weighted by Gasteiger charge is -2.31. The number of hydrogen-bond acceptors (Lipinski definition) is 4. The molecule has 0 radical (unpaired) electrons. The molecule has 0 amide bonds. The Bertz CT molecular complexity index is 671. The number of fused-ring (bicyclic) bond motifs is 1. The van der Waals surface area contributed by atoms with Gasteiger partial charge in [0.2, 0.25) is 0 Å². The van der Waals surface area contributed by atoms with Crippen LogP contribution in [0.15, 0.2) is 59.7 Å². The second-order valence-electron chi connectivity index (χ2n) is 5.75. The Labute approximate surface area is 135 Å². The topological polar surface area (TPSA) is 28.5 Å². The number of nitrogens with zero attached hydrogens (tertiary/aromatic N) is 3. The Balaban J connectivity index is 1.79. The van der Waals surface area contributed by atoms with Crippen LogP contribution >= 0.6 is 11.8 Å². The SMILES string of the molecule is CC[C@H]1CSC2=N[C@H](c3ccccn3)[C@@H](c3ccccc3)N21. The van der Waals surface area contributed by atoms with Gasteiger partial charge in [-0.05, 0) is 24.1 Å². The van der Waals surface area contributed by atoms with Crippen LogP contribution in [0.25, 0.3) is 0 Å². The Morgan fingerprint density at radius 1 is 1.14 bits per heavy atom. The number of hydrogen-bond donors (Lipinski definition) is 0. The molecule has 1 saturated heterocycles. The van der Waals surface area contributed by atoms with Crippen LogP contribution in [0.1, 0.15) is 36.7 Å². The summed E-state index contributed by atoms with van der Waals surface area (Å²) in [6.07, 6.45) is 3.02. The first-order valence-electron chi connectivity index (χ1n) is 7.83. The van der Waals surface area contributed by atoms with E-state index in [2.05, 4.69) is 59.3 Å². The number of rotatable bonds is 3. The van der Waals surface area contributed by atoms with E-state index in [4.69, 9.17) is 4.99 Å². The summed E-state index contributed by atoms with van der Waals surface area (Å²) in [6, 6.07) is 17.8. The molecule has 3 atom stereocenters. The summed E-state index contributed by atoms with van der Waals surface area (Å²) in [5.41, 5.74) is 2.39. The lowest BCUT2D eigenvalue weighted by atomic mass is 9.95. The summed E-state index contributed by atoms with van der Waals surface area (Å²) in [6.45, 7) is 2.27. The first-order chi connectivity index (χ1) is 10.9. The molecule has 1 aromatic carbocycles. The molecule has 2 aliphatic rings. The van der Waals surface area contributed by atoms with Gasteiger partial charge >= 0.3 is 0 Å². The molecule has 0 saturated carbocycles. The minimum atomic E-state index is 0.0976. The Hall–Kier alpha value is -1.81. The molecule has 2 aromatic rings. The van der Waals surface area contributed by atoms with E-state index in [1.54, 1.807) is 0 Å². The van der Waals surface area contributed by atoms with Gasteiger partial charge in [-0.15, -0.1) is 0 Å². The third kappa shape index (κ3) is 2.22. The fourth-order valence-electron chi connectivity index (χ4n) is 3.36. The van der Waals surface area contributed by atoms with Gasteiger partial charge in [-0.1, -0.05) is 55.1 Å². The van der Waals surface area contributed by atoms with Crippen molar-refractivity contribution in [3.8, 4) is 0 Å². The quantitative estimate of drug-likeness (QED) is 0.856. The highest BCUT2D eigenvalue weighted by Crippen LogP contribution is 2.48. The number of aliphatic imine (C=N–C) groups is 1. The van der Waals surface area contributed by atoms with Gasteiger partial charge in [0.25, 0.3) is 0 Å².